The Labute approximate surface area is 227 Å². The van der Waals surface area contributed by atoms with E-state index in [2.05, 4.69) is 143 Å². The van der Waals surface area contributed by atoms with Crippen molar-refractivity contribution in [1.29, 1.82) is 0 Å². The van der Waals surface area contributed by atoms with Crippen LogP contribution in [0, 0.1) is 0 Å². The molecule has 0 fully saturated rings. The molecule has 0 saturated carbocycles. The predicted molar refractivity (Wildman–Crippen MR) is 165 cm³/mol. The Hall–Kier alpha value is -3.91. The van der Waals surface area contributed by atoms with E-state index in [9.17, 15) is 0 Å². The number of allylic oxidation sites excluding steroid dienone is 9. The first-order valence-electron chi connectivity index (χ1n) is 13.7. The summed E-state index contributed by atoms with van der Waals surface area (Å²) in [6.07, 6.45) is 21.9. The molecule has 2 nitrogen and oxygen atoms in total. The maximum absolute atomic E-state index is 4.97. The molecule has 2 heteroatoms. The summed E-state index contributed by atoms with van der Waals surface area (Å²) in [5.74, 6) is 0. The lowest BCUT2D eigenvalue weighted by molar-refractivity contribution is 0.637. The van der Waals surface area contributed by atoms with Gasteiger partial charge in [0.05, 0.1) is 11.4 Å². The van der Waals surface area contributed by atoms with Crippen LogP contribution in [0.5, 0.6) is 0 Å². The summed E-state index contributed by atoms with van der Waals surface area (Å²) in [5, 5.41) is 2.57. The van der Waals surface area contributed by atoms with Gasteiger partial charge in [0.1, 0.15) is 0 Å². The van der Waals surface area contributed by atoms with E-state index < -0.39 is 0 Å². The minimum Gasteiger partial charge on any atom is -0.347 e. The third-order valence-corrected chi connectivity index (χ3v) is 8.53. The Kier molecular flexibility index (Phi) is 5.87. The minimum atomic E-state index is -0.122. The molecule has 0 atom stereocenters. The Morgan fingerprint density at radius 1 is 0.816 bits per heavy atom. The highest BCUT2D eigenvalue weighted by molar-refractivity contribution is 6.12. The second kappa shape index (κ2) is 9.13. The molecule has 0 radical (unpaired) electrons. The number of hydrogen-bond acceptors (Lipinski definition) is 2. The lowest BCUT2D eigenvalue weighted by Gasteiger charge is -2.25. The summed E-state index contributed by atoms with van der Waals surface area (Å²) < 4.78 is 0. The lowest BCUT2D eigenvalue weighted by Crippen LogP contribution is -2.24. The van der Waals surface area contributed by atoms with Crippen LogP contribution in [0.15, 0.2) is 108 Å². The van der Waals surface area contributed by atoms with Crippen molar-refractivity contribution < 1.29 is 0 Å². The summed E-state index contributed by atoms with van der Waals surface area (Å²) in [6, 6.07) is 17.5. The molecule has 0 saturated heterocycles. The monoisotopic (exact) mass is 496 g/mol. The van der Waals surface area contributed by atoms with Crippen molar-refractivity contribution in [1.82, 2.24) is 0 Å². The van der Waals surface area contributed by atoms with Crippen LogP contribution in [0.1, 0.15) is 56.4 Å². The molecule has 2 aliphatic heterocycles. The first kappa shape index (κ1) is 24.4. The van der Waals surface area contributed by atoms with Crippen LogP contribution in [0.3, 0.4) is 0 Å². The molecule has 190 valence electrons. The van der Waals surface area contributed by atoms with E-state index in [1.165, 1.54) is 44.4 Å². The number of rotatable bonds is 4. The van der Waals surface area contributed by atoms with Crippen molar-refractivity contribution in [2.45, 2.75) is 51.4 Å². The van der Waals surface area contributed by atoms with Gasteiger partial charge >= 0.3 is 0 Å². The van der Waals surface area contributed by atoms with E-state index in [0.717, 1.165) is 24.2 Å². The first-order valence-corrected chi connectivity index (χ1v) is 13.7. The SMILES string of the molecule is CN1/C(=C/C=C/C=C/C=C/C2=Nc3ccc4ccccc4c3C2(C)C)C(C)(C)c2c1ccc1c2C=CCC1. The van der Waals surface area contributed by atoms with Gasteiger partial charge in [0.25, 0.3) is 0 Å². The quantitative estimate of drug-likeness (QED) is 0.329. The minimum absolute atomic E-state index is 0.0313. The number of benzene rings is 3. The highest BCUT2D eigenvalue weighted by atomic mass is 15.2. The summed E-state index contributed by atoms with van der Waals surface area (Å²) in [6.45, 7) is 9.24. The zero-order valence-corrected chi connectivity index (χ0v) is 23.1. The first-order chi connectivity index (χ1) is 18.3. The Bertz CT molecular complexity index is 1620. The fourth-order valence-electron chi connectivity index (χ4n) is 6.57. The van der Waals surface area contributed by atoms with Gasteiger partial charge in [-0.2, -0.15) is 0 Å². The van der Waals surface area contributed by atoms with Crippen molar-refractivity contribution in [2.24, 2.45) is 4.99 Å². The Balaban J connectivity index is 1.18. The van der Waals surface area contributed by atoms with Crippen molar-refractivity contribution in [3.63, 3.8) is 0 Å². The van der Waals surface area contributed by atoms with Crippen molar-refractivity contribution >= 4 is 33.9 Å². The average Bonchev–Trinajstić information content (AvgIpc) is 3.29. The standard InChI is InChI=1S/C36H36N2/c1-35(2)31(37-29-23-21-25-15-11-13-17-27(25)33(29)35)19-9-7-6-8-10-20-32-36(3,4)34-28-18-14-12-16-26(28)22-24-30(34)38(32)5/h6-11,13-15,17-24H,12,16H2,1-5H3/b7-6+,10-8+,19-9+,32-20+. The molecule has 3 aromatic carbocycles. The molecule has 0 N–H and O–H groups in total. The summed E-state index contributed by atoms with van der Waals surface area (Å²) in [4.78, 5) is 7.33. The topological polar surface area (TPSA) is 15.6 Å². The number of nitrogens with zero attached hydrogens (tertiary/aromatic N) is 2. The van der Waals surface area contributed by atoms with E-state index in [0.29, 0.717) is 0 Å². The van der Waals surface area contributed by atoms with E-state index in [-0.39, 0.29) is 10.8 Å². The molecule has 1 aliphatic carbocycles. The second-order valence-corrected chi connectivity index (χ2v) is 11.6. The zero-order valence-electron chi connectivity index (χ0n) is 23.1. The molecule has 6 rings (SSSR count). The fraction of sp³-hybridized carbons (Fsp3) is 0.250. The smallest absolute Gasteiger partial charge is 0.0681 e. The Morgan fingerprint density at radius 2 is 1.61 bits per heavy atom. The van der Waals surface area contributed by atoms with Crippen LogP contribution >= 0.6 is 0 Å². The molecule has 38 heavy (non-hydrogen) atoms. The van der Waals surface area contributed by atoms with Crippen LogP contribution in [0.4, 0.5) is 11.4 Å². The summed E-state index contributed by atoms with van der Waals surface area (Å²) >= 11 is 0. The molecule has 3 aromatic rings. The van der Waals surface area contributed by atoms with Gasteiger partial charge in [-0.15, -0.1) is 0 Å². The molecule has 0 unspecified atom stereocenters. The summed E-state index contributed by atoms with van der Waals surface area (Å²) in [5.41, 5.74) is 10.4. The van der Waals surface area contributed by atoms with Gasteiger partial charge < -0.3 is 4.90 Å². The number of hydrogen-bond donors (Lipinski definition) is 0. The highest BCUT2D eigenvalue weighted by Crippen LogP contribution is 2.50. The Morgan fingerprint density at radius 3 is 2.47 bits per heavy atom. The molecular formula is C36H36N2. The molecule has 0 aromatic heterocycles. The predicted octanol–water partition coefficient (Wildman–Crippen LogP) is 9.14. The van der Waals surface area contributed by atoms with Gasteiger partial charge in [-0.05, 0) is 70.2 Å². The molecule has 0 spiro atoms. The van der Waals surface area contributed by atoms with Gasteiger partial charge in [0, 0.05) is 29.3 Å². The van der Waals surface area contributed by atoms with E-state index >= 15 is 0 Å². The molecule has 2 heterocycles. The van der Waals surface area contributed by atoms with E-state index in [1.54, 1.807) is 0 Å². The molecule has 3 aliphatic rings. The van der Waals surface area contributed by atoms with Gasteiger partial charge in [-0.25, -0.2) is 0 Å². The second-order valence-electron chi connectivity index (χ2n) is 11.6. The number of fused-ring (bicyclic) bond motifs is 6. The summed E-state index contributed by atoms with van der Waals surface area (Å²) in [7, 11) is 2.19. The molecular weight excluding hydrogens is 460 g/mol. The van der Waals surface area contributed by atoms with Crippen LogP contribution in [0.2, 0.25) is 0 Å². The van der Waals surface area contributed by atoms with Gasteiger partial charge in [-0.1, -0.05) is 107 Å². The van der Waals surface area contributed by atoms with Crippen LogP contribution in [-0.4, -0.2) is 12.8 Å². The van der Waals surface area contributed by atoms with Crippen molar-refractivity contribution in [3.05, 3.63) is 125 Å². The number of aliphatic imine (C=N–C) groups is 1. The maximum atomic E-state index is 4.97. The number of anilines is 1. The van der Waals surface area contributed by atoms with Crippen molar-refractivity contribution in [2.75, 3.05) is 11.9 Å². The average molecular weight is 497 g/mol. The molecule has 0 amide bonds. The largest absolute Gasteiger partial charge is 0.347 e. The third-order valence-electron chi connectivity index (χ3n) is 8.53. The fourth-order valence-corrected chi connectivity index (χ4v) is 6.57. The van der Waals surface area contributed by atoms with E-state index in [4.69, 9.17) is 4.99 Å². The van der Waals surface area contributed by atoms with Crippen LogP contribution < -0.4 is 4.90 Å². The zero-order chi connectivity index (χ0) is 26.5. The van der Waals surface area contributed by atoms with Gasteiger partial charge in [-0.3, -0.25) is 4.99 Å². The third kappa shape index (κ3) is 3.82. The highest BCUT2D eigenvalue weighted by Gasteiger charge is 2.40. The van der Waals surface area contributed by atoms with Gasteiger partial charge in [0.2, 0.25) is 0 Å². The van der Waals surface area contributed by atoms with Gasteiger partial charge in [0.15, 0.2) is 0 Å². The maximum Gasteiger partial charge on any atom is 0.0681 e. The van der Waals surface area contributed by atoms with E-state index in [1.807, 2.05) is 0 Å². The lowest BCUT2D eigenvalue weighted by atomic mass is 9.78. The molecule has 0 bridgehead atoms. The number of aryl methyl sites for hydroxylation is 1. The van der Waals surface area contributed by atoms with Crippen LogP contribution in [0.25, 0.3) is 16.8 Å². The number of likely N-dealkylation sites (N-methyl/N-ethyl adjacent to an activating group) is 1. The van der Waals surface area contributed by atoms with Crippen molar-refractivity contribution in [3.8, 4) is 0 Å². The normalized spacial score (nSPS) is 20.2. The van der Waals surface area contributed by atoms with Crippen LogP contribution in [-0.2, 0) is 17.3 Å².